The highest BCUT2D eigenvalue weighted by molar-refractivity contribution is 7.06. The molecule has 0 amide bonds. The number of fused-ring (bicyclic) bond motifs is 2. The monoisotopic (exact) mass is 464 g/mol. The Morgan fingerprint density at radius 3 is 2.18 bits per heavy atom. The number of hydrogen-bond acceptors (Lipinski definition) is 3. The minimum absolute atomic E-state index is 0.121. The second-order valence-corrected chi connectivity index (χ2v) is 17.1. The standard InChI is InChI=1S/C28H42N3OSi/c1-9-30(10-2)21-11-13-23-25(19-21)33(27(3,4)5,28(6,7)8)26-20-22(12-14-24(26)29-23)31-15-17-32-18-16-31/h11-14,19-20H,9-10,15-18H2,1-8H3/q+1. The van der Waals surface area contributed by atoms with E-state index in [9.17, 15) is 0 Å². The Hall–Kier alpha value is -1.98. The molecule has 178 valence electrons. The van der Waals surface area contributed by atoms with Crippen molar-refractivity contribution >= 4 is 36.1 Å². The Bertz CT molecular complexity index is 1020. The molecule has 0 atom stereocenters. The summed E-state index contributed by atoms with van der Waals surface area (Å²) in [6, 6.07) is 7.05. The molecule has 0 aromatic heterocycles. The van der Waals surface area contributed by atoms with Crippen LogP contribution in [0.3, 0.4) is 0 Å². The number of allylic oxidation sites excluding steroid dienone is 4. The first-order chi connectivity index (χ1) is 15.5. The van der Waals surface area contributed by atoms with Crippen molar-refractivity contribution in [2.45, 2.75) is 65.5 Å². The summed E-state index contributed by atoms with van der Waals surface area (Å²) in [7, 11) is -2.30. The van der Waals surface area contributed by atoms with E-state index in [1.54, 1.807) is 0 Å². The zero-order valence-electron chi connectivity index (χ0n) is 22.0. The summed E-state index contributed by atoms with van der Waals surface area (Å²) in [5.74, 6) is 0. The minimum Gasteiger partial charge on any atom is -0.372 e. The van der Waals surface area contributed by atoms with E-state index >= 15 is 0 Å². The number of aliphatic imine (C=N–C) groups is 1. The van der Waals surface area contributed by atoms with Gasteiger partial charge in [-0.2, -0.15) is 0 Å². The van der Waals surface area contributed by atoms with Crippen molar-refractivity contribution in [3.05, 3.63) is 41.6 Å². The van der Waals surface area contributed by atoms with Crippen LogP contribution in [0, 0.1) is 0 Å². The number of anilines is 1. The molecule has 0 spiro atoms. The summed E-state index contributed by atoms with van der Waals surface area (Å²) in [4.78, 5) is 7.71. The van der Waals surface area contributed by atoms with Gasteiger partial charge in [-0.1, -0.05) is 41.5 Å². The van der Waals surface area contributed by atoms with Crippen molar-refractivity contribution in [3.63, 3.8) is 0 Å². The van der Waals surface area contributed by atoms with Gasteiger partial charge in [-0.25, -0.2) is 9.57 Å². The predicted octanol–water partition coefficient (Wildman–Crippen LogP) is 5.39. The molecule has 1 fully saturated rings. The lowest BCUT2D eigenvalue weighted by Gasteiger charge is -2.55. The topological polar surface area (TPSA) is 27.8 Å². The Kier molecular flexibility index (Phi) is 6.34. The van der Waals surface area contributed by atoms with Crippen LogP contribution in [-0.4, -0.2) is 63.5 Å². The fraction of sp³-hybridized carbons (Fsp3) is 0.571. The normalized spacial score (nSPS) is 20.1. The van der Waals surface area contributed by atoms with Crippen LogP contribution in [0.4, 0.5) is 11.4 Å². The number of morpholine rings is 1. The van der Waals surface area contributed by atoms with Crippen LogP contribution >= 0.6 is 0 Å². The molecule has 1 aromatic carbocycles. The zero-order chi connectivity index (χ0) is 24.0. The van der Waals surface area contributed by atoms with Gasteiger partial charge >= 0.3 is 0 Å². The fourth-order valence-corrected chi connectivity index (χ4v) is 14.2. The van der Waals surface area contributed by atoms with Crippen molar-refractivity contribution < 1.29 is 9.31 Å². The van der Waals surface area contributed by atoms with Gasteiger partial charge in [0.2, 0.25) is 0 Å². The third kappa shape index (κ3) is 3.87. The summed E-state index contributed by atoms with van der Waals surface area (Å²) in [6.07, 6.45) is 7.05. The van der Waals surface area contributed by atoms with E-state index in [1.807, 2.05) is 0 Å². The quantitative estimate of drug-likeness (QED) is 0.341. The molecular formula is C28H42N3OSi+. The third-order valence-electron chi connectivity index (χ3n) is 7.76. The molecule has 1 aromatic rings. The van der Waals surface area contributed by atoms with Gasteiger partial charge < -0.3 is 9.64 Å². The molecule has 0 N–H and O–H groups in total. The maximum atomic E-state index is 5.63. The lowest BCUT2D eigenvalue weighted by atomic mass is 10.1. The molecule has 0 saturated carbocycles. The maximum absolute atomic E-state index is 5.63. The summed E-state index contributed by atoms with van der Waals surface area (Å²) >= 11 is 0. The summed E-state index contributed by atoms with van der Waals surface area (Å²) in [5, 5.41) is 3.24. The molecule has 2 heterocycles. The van der Waals surface area contributed by atoms with Crippen LogP contribution in [0.25, 0.3) is 0 Å². The second-order valence-electron chi connectivity index (χ2n) is 11.5. The summed E-state index contributed by atoms with van der Waals surface area (Å²) < 4.78 is 8.11. The molecule has 0 unspecified atom stereocenters. The lowest BCUT2D eigenvalue weighted by Crippen LogP contribution is -2.66. The minimum atomic E-state index is -2.30. The van der Waals surface area contributed by atoms with Gasteiger partial charge in [0.05, 0.1) is 11.4 Å². The summed E-state index contributed by atoms with van der Waals surface area (Å²) in [5.41, 5.74) is 4.99. The largest absolute Gasteiger partial charge is 0.372 e. The molecular weight excluding hydrogens is 422 g/mol. The highest BCUT2D eigenvalue weighted by Crippen LogP contribution is 2.57. The van der Waals surface area contributed by atoms with Crippen LogP contribution in [0.15, 0.2) is 46.6 Å². The van der Waals surface area contributed by atoms with E-state index in [0.29, 0.717) is 0 Å². The van der Waals surface area contributed by atoms with Crippen LogP contribution in [-0.2, 0) is 4.74 Å². The van der Waals surface area contributed by atoms with Gasteiger partial charge in [0.15, 0.2) is 18.8 Å². The third-order valence-corrected chi connectivity index (χ3v) is 14.7. The predicted molar refractivity (Wildman–Crippen MR) is 145 cm³/mol. The first kappa shape index (κ1) is 24.2. The average molecular weight is 465 g/mol. The van der Waals surface area contributed by atoms with E-state index in [1.165, 1.54) is 33.2 Å². The Morgan fingerprint density at radius 1 is 0.970 bits per heavy atom. The SMILES string of the molecule is CCN(CC)c1ccc2c(c1)[Si](C(C)(C)C)(C(C)(C)C)C1=CC(=[N+]3CCOCC3)C=CC1=N2. The van der Waals surface area contributed by atoms with Crippen molar-refractivity contribution in [2.75, 3.05) is 44.3 Å². The van der Waals surface area contributed by atoms with Crippen LogP contribution in [0.2, 0.25) is 10.1 Å². The molecule has 2 aliphatic heterocycles. The number of benzene rings is 1. The summed E-state index contributed by atoms with van der Waals surface area (Å²) in [6.45, 7) is 24.9. The lowest BCUT2D eigenvalue weighted by molar-refractivity contribution is -0.547. The molecule has 0 radical (unpaired) electrons. The number of ether oxygens (including phenoxy) is 1. The number of nitrogens with zero attached hydrogens (tertiary/aromatic N) is 3. The van der Waals surface area contributed by atoms with Crippen LogP contribution in [0.1, 0.15) is 55.4 Å². The van der Waals surface area contributed by atoms with Gasteiger partial charge in [0.25, 0.3) is 0 Å². The second kappa shape index (κ2) is 8.66. The smallest absolute Gasteiger partial charge is 0.200 e. The van der Waals surface area contributed by atoms with Gasteiger partial charge in [-0.3, -0.25) is 0 Å². The zero-order valence-corrected chi connectivity index (χ0v) is 23.0. The van der Waals surface area contributed by atoms with Gasteiger partial charge in [0, 0.05) is 30.9 Å². The van der Waals surface area contributed by atoms with Crippen LogP contribution < -0.4 is 10.1 Å². The van der Waals surface area contributed by atoms with Crippen molar-refractivity contribution in [3.8, 4) is 0 Å². The molecule has 5 heteroatoms. The van der Waals surface area contributed by atoms with Gasteiger partial charge in [-0.15, -0.1) is 0 Å². The Balaban J connectivity index is 2.04. The molecule has 4 rings (SSSR count). The number of hydrogen-bond donors (Lipinski definition) is 0. The average Bonchev–Trinajstić information content (AvgIpc) is 2.76. The molecule has 4 nitrogen and oxygen atoms in total. The Morgan fingerprint density at radius 2 is 1.61 bits per heavy atom. The van der Waals surface area contributed by atoms with Gasteiger partial charge in [-0.05, 0) is 58.6 Å². The number of rotatable bonds is 3. The molecule has 1 aliphatic carbocycles. The first-order valence-electron chi connectivity index (χ1n) is 12.6. The van der Waals surface area contributed by atoms with E-state index < -0.39 is 8.07 Å². The highest BCUT2D eigenvalue weighted by atomic mass is 28.3. The Labute approximate surface area is 201 Å². The van der Waals surface area contributed by atoms with E-state index in [2.05, 4.69) is 101 Å². The van der Waals surface area contributed by atoms with E-state index in [0.717, 1.165) is 39.4 Å². The molecule has 0 bridgehead atoms. The first-order valence-corrected chi connectivity index (χ1v) is 14.6. The van der Waals surface area contributed by atoms with Gasteiger partial charge in [0.1, 0.15) is 21.3 Å². The fourth-order valence-electron chi connectivity index (χ4n) is 6.66. The molecule has 3 aliphatic rings. The molecule has 1 saturated heterocycles. The highest BCUT2D eigenvalue weighted by Gasteiger charge is 2.60. The van der Waals surface area contributed by atoms with Crippen molar-refractivity contribution in [1.29, 1.82) is 0 Å². The molecule has 33 heavy (non-hydrogen) atoms. The van der Waals surface area contributed by atoms with E-state index in [-0.39, 0.29) is 10.1 Å². The van der Waals surface area contributed by atoms with Crippen molar-refractivity contribution in [2.24, 2.45) is 4.99 Å². The van der Waals surface area contributed by atoms with Crippen LogP contribution in [0.5, 0.6) is 0 Å². The van der Waals surface area contributed by atoms with Crippen molar-refractivity contribution in [1.82, 2.24) is 0 Å². The van der Waals surface area contributed by atoms with E-state index in [4.69, 9.17) is 9.73 Å². The maximum Gasteiger partial charge on any atom is 0.200 e.